The first-order chi connectivity index (χ1) is 18.7. The molecule has 2 aromatic carbocycles. The molecule has 0 saturated carbocycles. The summed E-state index contributed by atoms with van der Waals surface area (Å²) in [5.74, 6) is -0.214. The Morgan fingerprint density at radius 2 is 1.72 bits per heavy atom. The maximum atomic E-state index is 14.0. The molecule has 0 radical (unpaired) electrons. The van der Waals surface area contributed by atoms with Gasteiger partial charge in [-0.15, -0.1) is 0 Å². The van der Waals surface area contributed by atoms with Gasteiger partial charge in [-0.2, -0.15) is 4.31 Å². The van der Waals surface area contributed by atoms with Crippen molar-refractivity contribution in [2.24, 2.45) is 5.92 Å². The summed E-state index contributed by atoms with van der Waals surface area (Å²) in [4.78, 5) is 23.4. The number of amides is 1. The number of fused-ring (bicyclic) bond motifs is 1. The van der Waals surface area contributed by atoms with Crippen LogP contribution in [0.3, 0.4) is 0 Å². The first-order valence-corrected chi connectivity index (χ1v) is 16.1. The van der Waals surface area contributed by atoms with E-state index in [9.17, 15) is 13.2 Å². The number of morpholine rings is 1. The Kier molecular flexibility index (Phi) is 8.90. The molecule has 0 atom stereocenters. The van der Waals surface area contributed by atoms with E-state index in [0.717, 1.165) is 65.7 Å². The highest BCUT2D eigenvalue weighted by Gasteiger charge is 2.35. The van der Waals surface area contributed by atoms with Gasteiger partial charge in [0, 0.05) is 50.2 Å². The van der Waals surface area contributed by atoms with Crippen molar-refractivity contribution in [3.05, 3.63) is 52.5 Å². The van der Waals surface area contributed by atoms with E-state index in [1.807, 2.05) is 11.8 Å². The Hall–Kier alpha value is -2.08. The lowest BCUT2D eigenvalue weighted by Crippen LogP contribution is -2.45. The second-order valence-electron chi connectivity index (χ2n) is 10.3. The van der Waals surface area contributed by atoms with Crippen LogP contribution in [-0.2, 0) is 19.6 Å². The molecule has 2 fully saturated rings. The van der Waals surface area contributed by atoms with Crippen molar-refractivity contribution in [3.8, 4) is 0 Å². The average Bonchev–Trinajstić information content (AvgIpc) is 3.40. The fourth-order valence-corrected chi connectivity index (χ4v) is 8.00. The minimum Gasteiger partial charge on any atom is -0.379 e. The molecule has 0 spiro atoms. The van der Waals surface area contributed by atoms with Gasteiger partial charge in [0.25, 0.3) is 0 Å². The van der Waals surface area contributed by atoms with Crippen LogP contribution < -0.4 is 4.90 Å². The van der Waals surface area contributed by atoms with Crippen molar-refractivity contribution in [2.75, 3.05) is 57.4 Å². The number of anilines is 1. The molecular formula is C28H35ClN4O4S2. The van der Waals surface area contributed by atoms with Crippen LogP contribution in [-0.4, -0.2) is 81.0 Å². The van der Waals surface area contributed by atoms with Gasteiger partial charge in [0.1, 0.15) is 0 Å². The lowest BCUT2D eigenvalue weighted by atomic mass is 9.96. The van der Waals surface area contributed by atoms with Crippen molar-refractivity contribution in [1.82, 2.24) is 14.2 Å². The number of thiazole rings is 1. The number of benzene rings is 2. The van der Waals surface area contributed by atoms with Crippen molar-refractivity contribution >= 4 is 54.2 Å². The van der Waals surface area contributed by atoms with Crippen LogP contribution in [0, 0.1) is 19.8 Å². The molecule has 2 aliphatic rings. The fourth-order valence-electron chi connectivity index (χ4n) is 5.26. The summed E-state index contributed by atoms with van der Waals surface area (Å²) in [7, 11) is -3.63. The van der Waals surface area contributed by atoms with Gasteiger partial charge in [-0.05, 0) is 68.5 Å². The van der Waals surface area contributed by atoms with E-state index in [1.165, 1.54) is 16.4 Å². The number of rotatable bonds is 8. The summed E-state index contributed by atoms with van der Waals surface area (Å²) in [6, 6.07) is 10.4. The highest BCUT2D eigenvalue weighted by molar-refractivity contribution is 7.89. The van der Waals surface area contributed by atoms with E-state index >= 15 is 0 Å². The molecule has 0 bridgehead atoms. The number of hydrogen-bond donors (Lipinski definition) is 0. The number of aromatic nitrogens is 1. The van der Waals surface area contributed by atoms with Gasteiger partial charge in [-0.25, -0.2) is 13.4 Å². The molecule has 0 aliphatic carbocycles. The predicted molar refractivity (Wildman–Crippen MR) is 156 cm³/mol. The topological polar surface area (TPSA) is 83.0 Å². The molecule has 1 aromatic heterocycles. The van der Waals surface area contributed by atoms with Crippen LogP contribution in [0.2, 0.25) is 5.02 Å². The number of piperidine rings is 1. The third kappa shape index (κ3) is 6.31. The van der Waals surface area contributed by atoms with Crippen molar-refractivity contribution in [1.29, 1.82) is 0 Å². The van der Waals surface area contributed by atoms with Gasteiger partial charge in [-0.1, -0.05) is 35.1 Å². The Bertz CT molecular complexity index is 1370. The Labute approximate surface area is 239 Å². The second-order valence-corrected chi connectivity index (χ2v) is 13.7. The molecule has 5 rings (SSSR count). The SMILES string of the molecule is Cc1ccc(C)c2sc(N(CCCN3CCOCC3)C(=O)C3CCN(S(=O)(=O)c4ccc(Cl)cc4)CC3)nc12. The maximum absolute atomic E-state index is 14.0. The van der Waals surface area contributed by atoms with Gasteiger partial charge in [0.2, 0.25) is 15.9 Å². The molecule has 2 saturated heterocycles. The molecule has 2 aliphatic heterocycles. The lowest BCUT2D eigenvalue weighted by Gasteiger charge is -2.33. The van der Waals surface area contributed by atoms with Crippen LogP contribution in [0.5, 0.6) is 0 Å². The Morgan fingerprint density at radius 1 is 1.05 bits per heavy atom. The Balaban J connectivity index is 1.32. The summed E-state index contributed by atoms with van der Waals surface area (Å²) in [5.41, 5.74) is 3.20. The molecule has 11 heteroatoms. The average molecular weight is 591 g/mol. The quantitative estimate of drug-likeness (QED) is 0.377. The normalized spacial score (nSPS) is 18.0. The number of hydrogen-bond acceptors (Lipinski definition) is 7. The first kappa shape index (κ1) is 28.4. The largest absolute Gasteiger partial charge is 0.379 e. The van der Waals surface area contributed by atoms with Gasteiger partial charge >= 0.3 is 0 Å². The van der Waals surface area contributed by atoms with Crippen LogP contribution in [0.25, 0.3) is 10.2 Å². The fraction of sp³-hybridized carbons (Fsp3) is 0.500. The zero-order valence-electron chi connectivity index (χ0n) is 22.4. The van der Waals surface area contributed by atoms with Gasteiger partial charge in [0.15, 0.2) is 5.13 Å². The number of aryl methyl sites for hydroxylation is 2. The number of sulfonamides is 1. The monoisotopic (exact) mass is 590 g/mol. The van der Waals surface area contributed by atoms with E-state index < -0.39 is 10.0 Å². The third-order valence-corrected chi connectivity index (χ3v) is 11.0. The number of carbonyl (C=O) groups is 1. The Morgan fingerprint density at radius 3 is 2.38 bits per heavy atom. The summed E-state index contributed by atoms with van der Waals surface area (Å²) >= 11 is 7.51. The molecule has 3 heterocycles. The number of halogens is 1. The summed E-state index contributed by atoms with van der Waals surface area (Å²) in [5, 5.41) is 1.22. The second kappa shape index (κ2) is 12.2. The highest BCUT2D eigenvalue weighted by Crippen LogP contribution is 2.35. The minimum atomic E-state index is -3.63. The van der Waals surface area contributed by atoms with Crippen molar-refractivity contribution < 1.29 is 17.9 Å². The molecule has 39 heavy (non-hydrogen) atoms. The summed E-state index contributed by atoms with van der Waals surface area (Å²) < 4.78 is 34.4. The molecule has 0 N–H and O–H groups in total. The molecule has 210 valence electrons. The first-order valence-electron chi connectivity index (χ1n) is 13.5. The molecule has 1 amide bonds. The number of nitrogens with zero attached hydrogens (tertiary/aromatic N) is 4. The molecule has 0 unspecified atom stereocenters. The smallest absolute Gasteiger partial charge is 0.243 e. The van der Waals surface area contributed by atoms with Gasteiger partial charge in [0.05, 0.1) is 28.3 Å². The van der Waals surface area contributed by atoms with Crippen molar-refractivity contribution in [2.45, 2.75) is 38.0 Å². The van der Waals surface area contributed by atoms with Crippen molar-refractivity contribution in [3.63, 3.8) is 0 Å². The predicted octanol–water partition coefficient (Wildman–Crippen LogP) is 4.72. The summed E-state index contributed by atoms with van der Waals surface area (Å²) in [6.45, 7) is 9.53. The minimum absolute atomic E-state index is 0.0369. The van der Waals surface area contributed by atoms with Crippen LogP contribution >= 0.6 is 22.9 Å². The lowest BCUT2D eigenvalue weighted by molar-refractivity contribution is -0.123. The van der Waals surface area contributed by atoms with Gasteiger partial charge < -0.3 is 4.74 Å². The highest BCUT2D eigenvalue weighted by atomic mass is 35.5. The zero-order valence-corrected chi connectivity index (χ0v) is 24.8. The number of ether oxygens (including phenoxy) is 1. The van der Waals surface area contributed by atoms with E-state index in [-0.39, 0.29) is 16.7 Å². The third-order valence-electron chi connectivity index (χ3n) is 7.64. The van der Waals surface area contributed by atoms with Crippen LogP contribution in [0.4, 0.5) is 5.13 Å². The van der Waals surface area contributed by atoms with Crippen LogP contribution in [0.15, 0.2) is 41.3 Å². The van der Waals surface area contributed by atoms with Gasteiger partial charge in [-0.3, -0.25) is 14.6 Å². The van der Waals surface area contributed by atoms with E-state index in [2.05, 4.69) is 24.0 Å². The summed E-state index contributed by atoms with van der Waals surface area (Å²) in [6.07, 6.45) is 1.80. The molecular weight excluding hydrogens is 556 g/mol. The van der Waals surface area contributed by atoms with E-state index in [0.29, 0.717) is 37.5 Å². The number of carbonyl (C=O) groups excluding carboxylic acids is 1. The standard InChI is InChI=1S/C28H35ClN4O4S2/c1-20-4-5-21(2)26-25(20)30-28(38-26)33(13-3-12-31-16-18-37-19-17-31)27(34)22-10-14-32(15-11-22)39(35,36)24-8-6-23(29)7-9-24/h4-9,22H,3,10-19H2,1-2H3. The van der Waals surface area contributed by atoms with E-state index in [1.54, 1.807) is 23.5 Å². The molecule has 8 nitrogen and oxygen atoms in total. The molecule has 3 aromatic rings. The van der Waals surface area contributed by atoms with Crippen LogP contribution in [0.1, 0.15) is 30.4 Å². The maximum Gasteiger partial charge on any atom is 0.243 e. The zero-order chi connectivity index (χ0) is 27.6. The van der Waals surface area contributed by atoms with E-state index in [4.69, 9.17) is 21.3 Å².